The number of nitrogens with one attached hydrogen (secondary N) is 1. The summed E-state index contributed by atoms with van der Waals surface area (Å²) in [5.41, 5.74) is 1.45. The van der Waals surface area contributed by atoms with E-state index in [0.29, 0.717) is 0 Å². The summed E-state index contributed by atoms with van der Waals surface area (Å²) in [6.07, 6.45) is 0. The van der Waals surface area contributed by atoms with Gasteiger partial charge in [0.15, 0.2) is 0 Å². The first-order valence-corrected chi connectivity index (χ1v) is 7.94. The molecule has 2 rings (SSSR count). The van der Waals surface area contributed by atoms with Crippen molar-refractivity contribution in [3.05, 3.63) is 54.1 Å². The van der Waals surface area contributed by atoms with Crippen molar-refractivity contribution in [1.82, 2.24) is 5.32 Å². The lowest BCUT2D eigenvalue weighted by atomic mass is 10.1. The van der Waals surface area contributed by atoms with Gasteiger partial charge in [0.25, 0.3) is 0 Å². The number of benzene rings is 2. The molecular formula is C18H23NOS. The molecule has 0 aromatic heterocycles. The van der Waals surface area contributed by atoms with Crippen LogP contribution >= 0.6 is 11.8 Å². The first-order chi connectivity index (χ1) is 9.98. The topological polar surface area (TPSA) is 21.3 Å². The molecule has 21 heavy (non-hydrogen) atoms. The Hall–Kier alpha value is -1.45. The third-order valence-electron chi connectivity index (χ3n) is 3.07. The van der Waals surface area contributed by atoms with E-state index in [4.69, 9.17) is 4.74 Å². The summed E-state index contributed by atoms with van der Waals surface area (Å²) in [7, 11) is 1.69. The van der Waals surface area contributed by atoms with Crippen LogP contribution < -0.4 is 10.1 Å². The van der Waals surface area contributed by atoms with Crippen molar-refractivity contribution in [2.75, 3.05) is 7.11 Å². The molecular weight excluding hydrogens is 278 g/mol. The van der Waals surface area contributed by atoms with E-state index in [1.54, 1.807) is 18.9 Å². The summed E-state index contributed by atoms with van der Waals surface area (Å²) in [6.45, 7) is 7.44. The Morgan fingerprint density at radius 1 is 1.00 bits per heavy atom. The molecule has 3 heteroatoms. The first kappa shape index (κ1) is 15.9. The van der Waals surface area contributed by atoms with Crippen LogP contribution in [0.2, 0.25) is 0 Å². The fourth-order valence-electron chi connectivity index (χ4n) is 1.88. The molecule has 0 bridgehead atoms. The molecule has 0 aliphatic rings. The van der Waals surface area contributed by atoms with Crippen molar-refractivity contribution in [2.24, 2.45) is 0 Å². The van der Waals surface area contributed by atoms with E-state index in [0.717, 1.165) is 12.3 Å². The zero-order valence-corrected chi connectivity index (χ0v) is 14.0. The second-order valence-electron chi connectivity index (χ2n) is 5.99. The van der Waals surface area contributed by atoms with Crippen molar-refractivity contribution in [1.29, 1.82) is 0 Å². The summed E-state index contributed by atoms with van der Waals surface area (Å²) >= 11 is 1.79. The van der Waals surface area contributed by atoms with E-state index >= 15 is 0 Å². The molecule has 2 aromatic carbocycles. The van der Waals surface area contributed by atoms with Gasteiger partial charge in [-0.25, -0.2) is 0 Å². The molecule has 0 saturated heterocycles. The van der Waals surface area contributed by atoms with Crippen LogP contribution in [-0.4, -0.2) is 12.6 Å². The Morgan fingerprint density at radius 3 is 2.29 bits per heavy atom. The summed E-state index contributed by atoms with van der Waals surface area (Å²) in [4.78, 5) is 2.51. The molecule has 0 amide bonds. The van der Waals surface area contributed by atoms with Gasteiger partial charge in [-0.05, 0) is 56.7 Å². The Labute approximate surface area is 131 Å². The van der Waals surface area contributed by atoms with Gasteiger partial charge in [0.1, 0.15) is 5.75 Å². The molecule has 2 aromatic rings. The summed E-state index contributed by atoms with van der Waals surface area (Å²) < 4.78 is 5.20. The molecule has 0 heterocycles. The number of ether oxygens (including phenoxy) is 1. The highest BCUT2D eigenvalue weighted by Gasteiger charge is 2.10. The maximum atomic E-state index is 5.20. The van der Waals surface area contributed by atoms with Gasteiger partial charge in [0, 0.05) is 21.9 Å². The predicted molar refractivity (Wildman–Crippen MR) is 90.2 cm³/mol. The molecule has 112 valence electrons. The van der Waals surface area contributed by atoms with E-state index in [2.05, 4.69) is 62.5 Å². The van der Waals surface area contributed by atoms with E-state index in [-0.39, 0.29) is 5.54 Å². The van der Waals surface area contributed by atoms with E-state index in [9.17, 15) is 0 Å². The second kappa shape index (κ2) is 7.01. The lowest BCUT2D eigenvalue weighted by molar-refractivity contribution is 0.414. The van der Waals surface area contributed by atoms with Crippen LogP contribution in [0.5, 0.6) is 5.75 Å². The SMILES string of the molecule is COc1ccc(Sc2ccccc2CNC(C)(C)C)cc1. The summed E-state index contributed by atoms with van der Waals surface area (Å²) in [5, 5.41) is 3.55. The highest BCUT2D eigenvalue weighted by atomic mass is 32.2. The third kappa shape index (κ3) is 5.10. The standard InChI is InChI=1S/C18H23NOS/c1-18(2,3)19-13-14-7-5-6-8-17(14)21-16-11-9-15(20-4)10-12-16/h5-12,19H,13H2,1-4H3. The predicted octanol–water partition coefficient (Wildman–Crippen LogP) is 4.73. The molecule has 0 fully saturated rings. The minimum absolute atomic E-state index is 0.123. The highest BCUT2D eigenvalue weighted by molar-refractivity contribution is 7.99. The highest BCUT2D eigenvalue weighted by Crippen LogP contribution is 2.31. The van der Waals surface area contributed by atoms with Crippen molar-refractivity contribution < 1.29 is 4.74 Å². The molecule has 0 aliphatic carbocycles. The van der Waals surface area contributed by atoms with Gasteiger partial charge in [0.05, 0.1) is 7.11 Å². The van der Waals surface area contributed by atoms with Gasteiger partial charge in [-0.15, -0.1) is 0 Å². The van der Waals surface area contributed by atoms with Gasteiger partial charge in [-0.2, -0.15) is 0 Å². The lowest BCUT2D eigenvalue weighted by Crippen LogP contribution is -2.35. The minimum Gasteiger partial charge on any atom is -0.497 e. The third-order valence-corrected chi connectivity index (χ3v) is 4.20. The summed E-state index contributed by atoms with van der Waals surface area (Å²) in [5.74, 6) is 0.891. The molecule has 0 atom stereocenters. The van der Waals surface area contributed by atoms with Crippen LogP contribution in [0.15, 0.2) is 58.3 Å². The maximum absolute atomic E-state index is 5.20. The molecule has 0 saturated carbocycles. The van der Waals surface area contributed by atoms with Gasteiger partial charge >= 0.3 is 0 Å². The quantitative estimate of drug-likeness (QED) is 0.862. The van der Waals surface area contributed by atoms with Crippen molar-refractivity contribution in [3.8, 4) is 5.75 Å². The molecule has 0 spiro atoms. The number of rotatable bonds is 5. The zero-order chi connectivity index (χ0) is 15.3. The number of hydrogen-bond acceptors (Lipinski definition) is 3. The minimum atomic E-state index is 0.123. The van der Waals surface area contributed by atoms with Crippen molar-refractivity contribution >= 4 is 11.8 Å². The molecule has 0 aliphatic heterocycles. The van der Waals surface area contributed by atoms with Crippen LogP contribution in [0.4, 0.5) is 0 Å². The van der Waals surface area contributed by atoms with E-state index < -0.39 is 0 Å². The Balaban J connectivity index is 2.11. The van der Waals surface area contributed by atoms with Crippen molar-refractivity contribution in [2.45, 2.75) is 42.6 Å². The van der Waals surface area contributed by atoms with Crippen LogP contribution in [0.3, 0.4) is 0 Å². The van der Waals surface area contributed by atoms with Gasteiger partial charge < -0.3 is 10.1 Å². The number of methoxy groups -OCH3 is 1. The average Bonchev–Trinajstić information content (AvgIpc) is 2.46. The smallest absolute Gasteiger partial charge is 0.118 e. The van der Waals surface area contributed by atoms with E-state index in [1.807, 2.05) is 12.1 Å². The Kier molecular flexibility index (Phi) is 5.32. The van der Waals surface area contributed by atoms with Crippen LogP contribution in [0.25, 0.3) is 0 Å². The lowest BCUT2D eigenvalue weighted by Gasteiger charge is -2.21. The molecule has 0 radical (unpaired) electrons. The summed E-state index contributed by atoms with van der Waals surface area (Å²) in [6, 6.07) is 16.7. The first-order valence-electron chi connectivity index (χ1n) is 7.13. The van der Waals surface area contributed by atoms with Gasteiger partial charge in [-0.3, -0.25) is 0 Å². The second-order valence-corrected chi connectivity index (χ2v) is 7.10. The van der Waals surface area contributed by atoms with E-state index in [1.165, 1.54) is 15.4 Å². The van der Waals surface area contributed by atoms with Crippen molar-refractivity contribution in [3.63, 3.8) is 0 Å². The Morgan fingerprint density at radius 2 is 1.67 bits per heavy atom. The molecule has 0 unspecified atom stereocenters. The fourth-order valence-corrected chi connectivity index (χ4v) is 2.82. The normalized spacial score (nSPS) is 11.4. The van der Waals surface area contributed by atoms with Gasteiger partial charge in [-0.1, -0.05) is 30.0 Å². The van der Waals surface area contributed by atoms with Crippen LogP contribution in [0, 0.1) is 0 Å². The largest absolute Gasteiger partial charge is 0.497 e. The maximum Gasteiger partial charge on any atom is 0.118 e. The zero-order valence-electron chi connectivity index (χ0n) is 13.1. The molecule has 2 nitrogen and oxygen atoms in total. The monoisotopic (exact) mass is 301 g/mol. The van der Waals surface area contributed by atoms with Crippen LogP contribution in [0.1, 0.15) is 26.3 Å². The average molecular weight is 301 g/mol. The number of hydrogen-bond donors (Lipinski definition) is 1. The Bertz CT molecular complexity index is 573. The molecule has 1 N–H and O–H groups in total. The fraction of sp³-hybridized carbons (Fsp3) is 0.333. The van der Waals surface area contributed by atoms with Crippen LogP contribution in [-0.2, 0) is 6.54 Å². The van der Waals surface area contributed by atoms with Gasteiger partial charge in [0.2, 0.25) is 0 Å².